The van der Waals surface area contributed by atoms with E-state index in [0.29, 0.717) is 13.0 Å². The van der Waals surface area contributed by atoms with Crippen molar-refractivity contribution in [3.05, 3.63) is 52.8 Å². The Morgan fingerprint density at radius 1 is 1.05 bits per heavy atom. The summed E-state index contributed by atoms with van der Waals surface area (Å²) in [6.07, 6.45) is 0.583. The van der Waals surface area contributed by atoms with Gasteiger partial charge >= 0.3 is 0 Å². The number of anilines is 2. The highest BCUT2D eigenvalue weighted by atomic mass is 19.1. The molecule has 0 saturated carbocycles. The van der Waals surface area contributed by atoms with Crippen LogP contribution in [-0.4, -0.2) is 18.6 Å². The van der Waals surface area contributed by atoms with Gasteiger partial charge in [0.2, 0.25) is 0 Å². The maximum absolute atomic E-state index is 13.6. The Morgan fingerprint density at radius 3 is 2.43 bits per heavy atom. The lowest BCUT2D eigenvalue weighted by Crippen LogP contribution is -2.10. The molecule has 0 aliphatic carbocycles. The van der Waals surface area contributed by atoms with Crippen LogP contribution in [0.1, 0.15) is 11.1 Å². The highest BCUT2D eigenvalue weighted by Crippen LogP contribution is 2.18. The van der Waals surface area contributed by atoms with Gasteiger partial charge in [-0.05, 0) is 36.6 Å². The summed E-state index contributed by atoms with van der Waals surface area (Å²) < 4.78 is 39.9. The molecule has 0 radical (unpaired) electrons. The second kappa shape index (κ2) is 6.47. The summed E-state index contributed by atoms with van der Waals surface area (Å²) in [5.41, 5.74) is 1.79. The smallest absolute Gasteiger partial charge is 0.168 e. The zero-order chi connectivity index (χ0) is 15.4. The SMILES string of the molecule is CNc1nc(NCCc2ccc(F)cc2C)c(F)cc1F. The Kier molecular flexibility index (Phi) is 4.67. The Morgan fingerprint density at radius 2 is 1.76 bits per heavy atom. The van der Waals surface area contributed by atoms with E-state index in [2.05, 4.69) is 15.6 Å². The zero-order valence-electron chi connectivity index (χ0n) is 11.8. The fraction of sp³-hybridized carbons (Fsp3) is 0.267. The van der Waals surface area contributed by atoms with E-state index in [1.54, 1.807) is 6.07 Å². The van der Waals surface area contributed by atoms with Crippen LogP contribution in [-0.2, 0) is 6.42 Å². The number of aryl methyl sites for hydroxylation is 1. The predicted molar refractivity (Wildman–Crippen MR) is 77.0 cm³/mol. The average Bonchev–Trinajstić information content (AvgIpc) is 2.43. The number of hydrogen-bond donors (Lipinski definition) is 2. The predicted octanol–water partition coefficient (Wildman–Crippen LogP) is 3.50. The van der Waals surface area contributed by atoms with Gasteiger partial charge in [-0.1, -0.05) is 6.07 Å². The zero-order valence-corrected chi connectivity index (χ0v) is 11.8. The van der Waals surface area contributed by atoms with Crippen molar-refractivity contribution in [1.29, 1.82) is 0 Å². The monoisotopic (exact) mass is 295 g/mol. The van der Waals surface area contributed by atoms with E-state index in [9.17, 15) is 13.2 Å². The van der Waals surface area contributed by atoms with Crippen LogP contribution in [0, 0.1) is 24.4 Å². The molecule has 1 aromatic carbocycles. The van der Waals surface area contributed by atoms with E-state index in [1.165, 1.54) is 19.2 Å². The first-order valence-electron chi connectivity index (χ1n) is 6.54. The third-order valence-electron chi connectivity index (χ3n) is 3.16. The molecular weight excluding hydrogens is 279 g/mol. The molecule has 2 N–H and O–H groups in total. The molecule has 0 aliphatic heterocycles. The molecule has 3 nitrogen and oxygen atoms in total. The summed E-state index contributed by atoms with van der Waals surface area (Å²) in [5.74, 6) is -1.80. The minimum atomic E-state index is -0.748. The number of hydrogen-bond acceptors (Lipinski definition) is 3. The molecule has 0 spiro atoms. The second-order valence-electron chi connectivity index (χ2n) is 4.65. The minimum Gasteiger partial charge on any atom is -0.371 e. The fourth-order valence-electron chi connectivity index (χ4n) is 2.02. The summed E-state index contributed by atoms with van der Waals surface area (Å²) in [7, 11) is 1.51. The Bertz CT molecular complexity index is 644. The van der Waals surface area contributed by atoms with Crippen molar-refractivity contribution in [2.24, 2.45) is 0 Å². The van der Waals surface area contributed by atoms with Crippen LogP contribution in [0.4, 0.5) is 24.8 Å². The lowest BCUT2D eigenvalue weighted by atomic mass is 10.1. The molecule has 0 fully saturated rings. The quantitative estimate of drug-likeness (QED) is 0.886. The number of benzene rings is 1. The van der Waals surface area contributed by atoms with Crippen LogP contribution in [0.3, 0.4) is 0 Å². The molecule has 0 amide bonds. The van der Waals surface area contributed by atoms with Gasteiger partial charge in [0.15, 0.2) is 23.3 Å². The van der Waals surface area contributed by atoms with Crippen molar-refractivity contribution in [2.45, 2.75) is 13.3 Å². The van der Waals surface area contributed by atoms with E-state index in [1.807, 2.05) is 6.92 Å². The summed E-state index contributed by atoms with van der Waals surface area (Å²) in [6, 6.07) is 5.31. The summed E-state index contributed by atoms with van der Waals surface area (Å²) in [4.78, 5) is 3.83. The highest BCUT2D eigenvalue weighted by molar-refractivity contribution is 5.47. The summed E-state index contributed by atoms with van der Waals surface area (Å²) >= 11 is 0. The molecule has 0 atom stereocenters. The van der Waals surface area contributed by atoms with Gasteiger partial charge in [0.1, 0.15) is 5.82 Å². The third kappa shape index (κ3) is 3.65. The van der Waals surface area contributed by atoms with Crippen LogP contribution >= 0.6 is 0 Å². The van der Waals surface area contributed by atoms with Gasteiger partial charge in [-0.2, -0.15) is 0 Å². The molecular formula is C15H16F3N3. The molecule has 2 rings (SSSR count). The van der Waals surface area contributed by atoms with Gasteiger partial charge in [-0.25, -0.2) is 18.2 Å². The van der Waals surface area contributed by atoms with Crippen molar-refractivity contribution in [2.75, 3.05) is 24.2 Å². The van der Waals surface area contributed by atoms with Gasteiger partial charge in [-0.15, -0.1) is 0 Å². The number of nitrogens with one attached hydrogen (secondary N) is 2. The van der Waals surface area contributed by atoms with Gasteiger partial charge in [0.05, 0.1) is 0 Å². The molecule has 0 saturated heterocycles. The van der Waals surface area contributed by atoms with Crippen LogP contribution in [0.25, 0.3) is 0 Å². The Balaban J connectivity index is 2.03. The lowest BCUT2D eigenvalue weighted by molar-refractivity contribution is 0.578. The molecule has 0 unspecified atom stereocenters. The molecule has 2 aromatic rings. The van der Waals surface area contributed by atoms with Crippen molar-refractivity contribution in [3.63, 3.8) is 0 Å². The molecule has 112 valence electrons. The number of nitrogens with zero attached hydrogens (tertiary/aromatic N) is 1. The second-order valence-corrected chi connectivity index (χ2v) is 4.65. The number of pyridine rings is 1. The van der Waals surface area contributed by atoms with E-state index in [0.717, 1.165) is 17.2 Å². The van der Waals surface area contributed by atoms with Crippen LogP contribution < -0.4 is 10.6 Å². The van der Waals surface area contributed by atoms with Crippen molar-refractivity contribution in [3.8, 4) is 0 Å². The van der Waals surface area contributed by atoms with Crippen molar-refractivity contribution < 1.29 is 13.2 Å². The standard InChI is InChI=1S/C15H16F3N3/c1-9-7-11(16)4-3-10(9)5-6-20-15-13(18)8-12(17)14(19-2)21-15/h3-4,7-8H,5-6H2,1-2H3,(H2,19,20,21). The minimum absolute atomic E-state index is 0.0134. The molecule has 0 aliphatic rings. The maximum atomic E-state index is 13.6. The first-order chi connectivity index (χ1) is 10.0. The summed E-state index contributed by atoms with van der Waals surface area (Å²) in [6.45, 7) is 2.22. The van der Waals surface area contributed by atoms with Crippen LogP contribution in [0.2, 0.25) is 0 Å². The van der Waals surface area contributed by atoms with E-state index < -0.39 is 11.6 Å². The van der Waals surface area contributed by atoms with E-state index in [-0.39, 0.29) is 17.5 Å². The largest absolute Gasteiger partial charge is 0.371 e. The van der Waals surface area contributed by atoms with Gasteiger partial charge < -0.3 is 10.6 Å². The number of halogens is 3. The fourth-order valence-corrected chi connectivity index (χ4v) is 2.02. The average molecular weight is 295 g/mol. The van der Waals surface area contributed by atoms with Gasteiger partial charge in [-0.3, -0.25) is 0 Å². The molecule has 21 heavy (non-hydrogen) atoms. The third-order valence-corrected chi connectivity index (χ3v) is 3.16. The van der Waals surface area contributed by atoms with Crippen molar-refractivity contribution in [1.82, 2.24) is 4.98 Å². The molecule has 1 aromatic heterocycles. The molecule has 1 heterocycles. The summed E-state index contributed by atoms with van der Waals surface area (Å²) in [5, 5.41) is 5.37. The van der Waals surface area contributed by atoms with Crippen LogP contribution in [0.5, 0.6) is 0 Å². The van der Waals surface area contributed by atoms with E-state index in [4.69, 9.17) is 0 Å². The van der Waals surface area contributed by atoms with Gasteiger partial charge in [0.25, 0.3) is 0 Å². The molecule has 0 bridgehead atoms. The lowest BCUT2D eigenvalue weighted by Gasteiger charge is -2.10. The van der Waals surface area contributed by atoms with Crippen LogP contribution in [0.15, 0.2) is 24.3 Å². The highest BCUT2D eigenvalue weighted by Gasteiger charge is 2.10. The first kappa shape index (κ1) is 15.2. The number of aromatic nitrogens is 1. The van der Waals surface area contributed by atoms with E-state index >= 15 is 0 Å². The Labute approximate surface area is 121 Å². The first-order valence-corrected chi connectivity index (χ1v) is 6.54. The van der Waals surface area contributed by atoms with Crippen molar-refractivity contribution >= 4 is 11.6 Å². The maximum Gasteiger partial charge on any atom is 0.168 e. The Hall–Kier alpha value is -2.24. The molecule has 6 heteroatoms. The normalized spacial score (nSPS) is 10.5. The topological polar surface area (TPSA) is 37.0 Å². The van der Waals surface area contributed by atoms with Gasteiger partial charge in [0, 0.05) is 19.7 Å². The number of rotatable bonds is 5.